The summed E-state index contributed by atoms with van der Waals surface area (Å²) in [5.41, 5.74) is 0.266. The second-order valence-electron chi connectivity index (χ2n) is 4.91. The van der Waals surface area contributed by atoms with Crippen LogP contribution in [0.2, 0.25) is 0 Å². The lowest BCUT2D eigenvalue weighted by Crippen LogP contribution is -2.43. The van der Waals surface area contributed by atoms with E-state index in [-0.39, 0.29) is 30.1 Å². The minimum Gasteiger partial charge on any atom is -0.355 e. The van der Waals surface area contributed by atoms with Crippen LogP contribution in [0.1, 0.15) is 29.9 Å². The molecular formula is C12H20N6O2. The minimum absolute atomic E-state index is 0.0245. The number of rotatable bonds is 6. The Kier molecular flexibility index (Phi) is 4.67. The van der Waals surface area contributed by atoms with Gasteiger partial charge in [0, 0.05) is 26.7 Å². The van der Waals surface area contributed by atoms with Crippen LogP contribution in [0.15, 0.2) is 6.20 Å². The molecule has 0 atom stereocenters. The second kappa shape index (κ2) is 6.47. The van der Waals surface area contributed by atoms with E-state index in [2.05, 4.69) is 20.9 Å². The summed E-state index contributed by atoms with van der Waals surface area (Å²) >= 11 is 0. The smallest absolute Gasteiger partial charge is 0.276 e. The number of amides is 2. The predicted molar refractivity (Wildman–Crippen MR) is 72.2 cm³/mol. The zero-order valence-electron chi connectivity index (χ0n) is 11.8. The van der Waals surface area contributed by atoms with Crippen molar-refractivity contribution >= 4 is 11.8 Å². The number of aromatic nitrogens is 3. The van der Waals surface area contributed by atoms with Gasteiger partial charge in [-0.05, 0) is 6.42 Å². The van der Waals surface area contributed by atoms with E-state index in [4.69, 9.17) is 0 Å². The van der Waals surface area contributed by atoms with Crippen molar-refractivity contribution in [2.45, 2.75) is 19.4 Å². The van der Waals surface area contributed by atoms with Gasteiger partial charge >= 0.3 is 0 Å². The molecular weight excluding hydrogens is 260 g/mol. The normalized spacial score (nSPS) is 14.7. The van der Waals surface area contributed by atoms with Crippen molar-refractivity contribution in [3.63, 3.8) is 0 Å². The van der Waals surface area contributed by atoms with Crippen LogP contribution in [0.25, 0.3) is 0 Å². The predicted octanol–water partition coefficient (Wildman–Crippen LogP) is -0.979. The molecule has 0 spiro atoms. The van der Waals surface area contributed by atoms with Crippen LogP contribution in [0.4, 0.5) is 0 Å². The molecule has 0 radical (unpaired) electrons. The molecule has 0 saturated carbocycles. The standard InChI is InChI=1S/C12H20N6O2/c1-3-4-14-11(19)8-17(2)12(20)10-7-18(16-15-10)9-5-13-6-9/h7,9,13H,3-6,8H2,1-2H3,(H,14,19). The average molecular weight is 280 g/mol. The first kappa shape index (κ1) is 14.4. The number of carbonyl (C=O) groups excluding carboxylic acids is 2. The molecule has 0 unspecified atom stereocenters. The van der Waals surface area contributed by atoms with Crippen LogP contribution in [0.3, 0.4) is 0 Å². The molecule has 2 rings (SSSR count). The molecule has 1 aliphatic rings. The van der Waals surface area contributed by atoms with E-state index in [1.54, 1.807) is 17.9 Å². The van der Waals surface area contributed by atoms with Gasteiger partial charge in [-0.3, -0.25) is 9.59 Å². The highest BCUT2D eigenvalue weighted by molar-refractivity contribution is 5.94. The molecule has 2 heterocycles. The first-order chi connectivity index (χ1) is 9.61. The Hall–Kier alpha value is -1.96. The van der Waals surface area contributed by atoms with Crippen LogP contribution in [-0.4, -0.2) is 64.9 Å². The van der Waals surface area contributed by atoms with Gasteiger partial charge in [-0.25, -0.2) is 4.68 Å². The van der Waals surface area contributed by atoms with Gasteiger partial charge < -0.3 is 15.5 Å². The van der Waals surface area contributed by atoms with Crippen LogP contribution in [0, 0.1) is 0 Å². The van der Waals surface area contributed by atoms with Crippen LogP contribution in [-0.2, 0) is 4.79 Å². The fourth-order valence-corrected chi connectivity index (χ4v) is 1.82. The molecule has 1 aliphatic heterocycles. The fraction of sp³-hybridized carbons (Fsp3) is 0.667. The number of hydrogen-bond acceptors (Lipinski definition) is 5. The molecule has 20 heavy (non-hydrogen) atoms. The maximum absolute atomic E-state index is 12.1. The molecule has 2 N–H and O–H groups in total. The molecule has 8 nitrogen and oxygen atoms in total. The molecule has 2 amide bonds. The van der Waals surface area contributed by atoms with Gasteiger partial charge in [0.2, 0.25) is 5.91 Å². The highest BCUT2D eigenvalue weighted by Crippen LogP contribution is 2.10. The Morgan fingerprint density at radius 2 is 2.30 bits per heavy atom. The van der Waals surface area contributed by atoms with Crippen molar-refractivity contribution in [1.82, 2.24) is 30.5 Å². The van der Waals surface area contributed by atoms with E-state index >= 15 is 0 Å². The van der Waals surface area contributed by atoms with Crippen molar-refractivity contribution in [3.05, 3.63) is 11.9 Å². The van der Waals surface area contributed by atoms with Gasteiger partial charge in [0.05, 0.1) is 18.8 Å². The van der Waals surface area contributed by atoms with Gasteiger partial charge in [0.1, 0.15) is 0 Å². The monoisotopic (exact) mass is 280 g/mol. The third-order valence-corrected chi connectivity index (χ3v) is 3.16. The Morgan fingerprint density at radius 3 is 2.90 bits per heavy atom. The van der Waals surface area contributed by atoms with E-state index < -0.39 is 0 Å². The molecule has 0 aromatic carbocycles. The molecule has 1 aromatic rings. The molecule has 1 aromatic heterocycles. The molecule has 0 aliphatic carbocycles. The SMILES string of the molecule is CCCNC(=O)CN(C)C(=O)c1cn(C2CNC2)nn1. The fourth-order valence-electron chi connectivity index (χ4n) is 1.82. The number of likely N-dealkylation sites (N-methyl/N-ethyl adjacent to an activating group) is 1. The Bertz CT molecular complexity index is 482. The Labute approximate surface area is 117 Å². The van der Waals surface area contributed by atoms with E-state index in [9.17, 15) is 9.59 Å². The summed E-state index contributed by atoms with van der Waals surface area (Å²) in [6.07, 6.45) is 2.50. The third kappa shape index (κ3) is 3.32. The van der Waals surface area contributed by atoms with Crippen molar-refractivity contribution in [3.8, 4) is 0 Å². The summed E-state index contributed by atoms with van der Waals surface area (Å²) in [4.78, 5) is 25.0. The van der Waals surface area contributed by atoms with E-state index in [1.165, 1.54) is 4.90 Å². The zero-order chi connectivity index (χ0) is 14.5. The van der Waals surface area contributed by atoms with Crippen LogP contribution < -0.4 is 10.6 Å². The number of hydrogen-bond donors (Lipinski definition) is 2. The van der Waals surface area contributed by atoms with Gasteiger partial charge in [-0.15, -0.1) is 5.10 Å². The minimum atomic E-state index is -0.296. The number of carbonyl (C=O) groups is 2. The van der Waals surface area contributed by atoms with Crippen molar-refractivity contribution in [1.29, 1.82) is 0 Å². The molecule has 1 fully saturated rings. The summed E-state index contributed by atoms with van der Waals surface area (Å²) in [6.45, 7) is 4.30. The van der Waals surface area contributed by atoms with E-state index in [1.807, 2.05) is 6.92 Å². The summed E-state index contributed by atoms with van der Waals surface area (Å²) in [7, 11) is 1.58. The third-order valence-electron chi connectivity index (χ3n) is 3.16. The highest BCUT2D eigenvalue weighted by Gasteiger charge is 2.23. The summed E-state index contributed by atoms with van der Waals surface area (Å²) in [6, 6.07) is 0.266. The van der Waals surface area contributed by atoms with Crippen molar-refractivity contribution in [2.24, 2.45) is 0 Å². The quantitative estimate of drug-likeness (QED) is 0.699. The Balaban J connectivity index is 1.89. The molecule has 1 saturated heterocycles. The van der Waals surface area contributed by atoms with E-state index in [0.717, 1.165) is 19.5 Å². The first-order valence-corrected chi connectivity index (χ1v) is 6.76. The van der Waals surface area contributed by atoms with E-state index in [0.29, 0.717) is 6.54 Å². The van der Waals surface area contributed by atoms with Crippen molar-refractivity contribution in [2.75, 3.05) is 33.2 Å². The second-order valence-corrected chi connectivity index (χ2v) is 4.91. The maximum Gasteiger partial charge on any atom is 0.276 e. The topological polar surface area (TPSA) is 92.2 Å². The summed E-state index contributed by atoms with van der Waals surface area (Å²) < 4.78 is 1.69. The Morgan fingerprint density at radius 1 is 1.55 bits per heavy atom. The lowest BCUT2D eigenvalue weighted by atomic mass is 10.2. The largest absolute Gasteiger partial charge is 0.355 e. The molecule has 8 heteroatoms. The van der Waals surface area contributed by atoms with Gasteiger partial charge in [0.15, 0.2) is 5.69 Å². The van der Waals surface area contributed by atoms with Crippen molar-refractivity contribution < 1.29 is 9.59 Å². The van der Waals surface area contributed by atoms with Gasteiger partial charge in [-0.1, -0.05) is 12.1 Å². The van der Waals surface area contributed by atoms with Gasteiger partial charge in [-0.2, -0.15) is 0 Å². The van der Waals surface area contributed by atoms with Gasteiger partial charge in [0.25, 0.3) is 5.91 Å². The first-order valence-electron chi connectivity index (χ1n) is 6.76. The number of nitrogens with one attached hydrogen (secondary N) is 2. The maximum atomic E-state index is 12.1. The lowest BCUT2D eigenvalue weighted by molar-refractivity contribution is -0.121. The van der Waals surface area contributed by atoms with Crippen LogP contribution in [0.5, 0.6) is 0 Å². The zero-order valence-corrected chi connectivity index (χ0v) is 11.8. The molecule has 110 valence electrons. The summed E-state index contributed by atoms with van der Waals surface area (Å²) in [5, 5.41) is 13.7. The summed E-state index contributed by atoms with van der Waals surface area (Å²) in [5.74, 6) is -0.464. The molecule has 0 bridgehead atoms. The number of nitrogens with zero attached hydrogens (tertiary/aromatic N) is 4. The highest BCUT2D eigenvalue weighted by atomic mass is 16.2. The lowest BCUT2D eigenvalue weighted by Gasteiger charge is -2.26. The van der Waals surface area contributed by atoms with Crippen LogP contribution >= 0.6 is 0 Å². The average Bonchev–Trinajstić information content (AvgIpc) is 2.82.